The van der Waals surface area contributed by atoms with Crippen LogP contribution in [0.3, 0.4) is 0 Å². The maximum absolute atomic E-state index is 10.7. The summed E-state index contributed by atoms with van der Waals surface area (Å²) in [5.74, 6) is 0. The molecular formula is C10H12N2O3. The third kappa shape index (κ3) is 4.75. The number of rotatable bonds is 4. The van der Waals surface area contributed by atoms with Crippen molar-refractivity contribution in [1.82, 2.24) is 0 Å². The zero-order chi connectivity index (χ0) is 10.9. The summed E-state index contributed by atoms with van der Waals surface area (Å²) in [5.41, 5.74) is 0.959. The van der Waals surface area contributed by atoms with Crippen molar-refractivity contribution in [2.75, 3.05) is 6.61 Å². The molecule has 0 radical (unpaired) electrons. The molecule has 0 heterocycles. The zero-order valence-corrected chi connectivity index (χ0v) is 8.42. The van der Waals surface area contributed by atoms with Gasteiger partial charge < -0.3 is 9.57 Å². The molecule has 15 heavy (non-hydrogen) atoms. The fourth-order valence-corrected chi connectivity index (χ4v) is 0.892. The molecule has 0 bridgehead atoms. The molecule has 1 aromatic rings. The van der Waals surface area contributed by atoms with Crippen LogP contribution in [0.25, 0.3) is 0 Å². The van der Waals surface area contributed by atoms with E-state index in [1.165, 1.54) is 0 Å². The van der Waals surface area contributed by atoms with Crippen molar-refractivity contribution >= 4 is 6.09 Å². The van der Waals surface area contributed by atoms with Gasteiger partial charge in [0.2, 0.25) is 0 Å². The molecule has 0 aliphatic heterocycles. The predicted octanol–water partition coefficient (Wildman–Crippen LogP) is 2.73. The summed E-state index contributed by atoms with van der Waals surface area (Å²) in [6, 6.07) is 9.46. The van der Waals surface area contributed by atoms with Gasteiger partial charge in [0, 0.05) is 5.28 Å². The van der Waals surface area contributed by atoms with Crippen molar-refractivity contribution in [2.45, 2.75) is 13.5 Å². The van der Waals surface area contributed by atoms with E-state index in [0.29, 0.717) is 0 Å². The molecule has 1 aromatic carbocycles. The SMILES string of the molecule is CCOC(=O)/N=N/OCc1ccccc1. The van der Waals surface area contributed by atoms with Gasteiger partial charge in [0.25, 0.3) is 0 Å². The van der Waals surface area contributed by atoms with Crippen molar-refractivity contribution in [3.63, 3.8) is 0 Å². The van der Waals surface area contributed by atoms with Gasteiger partial charge >= 0.3 is 6.09 Å². The van der Waals surface area contributed by atoms with Crippen molar-refractivity contribution in [3.05, 3.63) is 35.9 Å². The summed E-state index contributed by atoms with van der Waals surface area (Å²) in [6.07, 6.45) is -0.745. The Bertz CT molecular complexity index is 325. The van der Waals surface area contributed by atoms with E-state index in [1.54, 1.807) is 6.92 Å². The summed E-state index contributed by atoms with van der Waals surface area (Å²) >= 11 is 0. The molecule has 0 saturated heterocycles. The Morgan fingerprint density at radius 2 is 2.07 bits per heavy atom. The Morgan fingerprint density at radius 3 is 2.73 bits per heavy atom. The minimum absolute atomic E-state index is 0.274. The number of ether oxygens (including phenoxy) is 1. The van der Waals surface area contributed by atoms with Gasteiger partial charge in [-0.15, -0.1) is 0 Å². The van der Waals surface area contributed by atoms with Crippen molar-refractivity contribution in [3.8, 4) is 0 Å². The first kappa shape index (κ1) is 11.2. The van der Waals surface area contributed by atoms with E-state index < -0.39 is 6.09 Å². The van der Waals surface area contributed by atoms with E-state index >= 15 is 0 Å². The second kappa shape index (κ2) is 6.53. The van der Waals surface area contributed by atoms with Gasteiger partial charge in [0.05, 0.1) is 6.61 Å². The molecule has 0 aromatic heterocycles. The van der Waals surface area contributed by atoms with Crippen molar-refractivity contribution in [2.24, 2.45) is 10.4 Å². The number of amides is 1. The van der Waals surface area contributed by atoms with Crippen LogP contribution in [0.15, 0.2) is 40.7 Å². The van der Waals surface area contributed by atoms with Crippen LogP contribution in [-0.2, 0) is 16.2 Å². The molecule has 0 aliphatic rings. The monoisotopic (exact) mass is 208 g/mol. The summed E-state index contributed by atoms with van der Waals surface area (Å²) in [5, 5.41) is 6.41. The maximum Gasteiger partial charge on any atom is 0.455 e. The van der Waals surface area contributed by atoms with E-state index in [-0.39, 0.29) is 13.2 Å². The highest BCUT2D eigenvalue weighted by Gasteiger charge is 1.96. The second-order valence-corrected chi connectivity index (χ2v) is 2.64. The summed E-state index contributed by atoms with van der Waals surface area (Å²) < 4.78 is 4.51. The summed E-state index contributed by atoms with van der Waals surface area (Å²) in [6.45, 7) is 2.25. The van der Waals surface area contributed by atoms with Gasteiger partial charge in [-0.2, -0.15) is 0 Å². The summed E-state index contributed by atoms with van der Waals surface area (Å²) in [7, 11) is 0. The standard InChI is InChI=1S/C10H12N2O3/c1-2-14-10(13)11-12-15-8-9-6-4-3-5-7-9/h3-7H,2,8H2,1H3/b12-11+. The van der Waals surface area contributed by atoms with Crippen LogP contribution in [0.1, 0.15) is 12.5 Å². The zero-order valence-electron chi connectivity index (χ0n) is 8.42. The Kier molecular flexibility index (Phi) is 4.86. The molecule has 0 spiro atoms. The van der Waals surface area contributed by atoms with Gasteiger partial charge in [0.15, 0.2) is 0 Å². The quantitative estimate of drug-likeness (QED) is 0.564. The lowest BCUT2D eigenvalue weighted by Gasteiger charge is -1.97. The Balaban J connectivity index is 2.24. The van der Waals surface area contributed by atoms with E-state index in [4.69, 9.17) is 4.84 Å². The number of benzene rings is 1. The predicted molar refractivity (Wildman–Crippen MR) is 53.1 cm³/mol. The Labute approximate surface area is 87.7 Å². The number of hydrogen-bond donors (Lipinski definition) is 0. The maximum atomic E-state index is 10.7. The molecule has 1 amide bonds. The highest BCUT2D eigenvalue weighted by atomic mass is 16.6. The number of carbonyl (C=O) groups excluding carboxylic acids is 1. The third-order valence-electron chi connectivity index (χ3n) is 1.52. The first-order valence-electron chi connectivity index (χ1n) is 4.56. The second-order valence-electron chi connectivity index (χ2n) is 2.64. The van der Waals surface area contributed by atoms with Crippen molar-refractivity contribution < 1.29 is 14.4 Å². The molecule has 0 saturated carbocycles. The van der Waals surface area contributed by atoms with Crippen LogP contribution in [0.5, 0.6) is 0 Å². The average Bonchev–Trinajstić information content (AvgIpc) is 2.26. The number of hydrogen-bond acceptors (Lipinski definition) is 4. The topological polar surface area (TPSA) is 60.2 Å². The fraction of sp³-hybridized carbons (Fsp3) is 0.300. The van der Waals surface area contributed by atoms with Crippen LogP contribution in [0.2, 0.25) is 0 Å². The molecule has 0 aliphatic carbocycles. The van der Waals surface area contributed by atoms with E-state index in [1.807, 2.05) is 30.3 Å². The number of carbonyl (C=O) groups is 1. The van der Waals surface area contributed by atoms with Gasteiger partial charge in [-0.25, -0.2) is 4.79 Å². The fourth-order valence-electron chi connectivity index (χ4n) is 0.892. The molecule has 0 unspecified atom stereocenters. The van der Waals surface area contributed by atoms with E-state index in [9.17, 15) is 4.79 Å². The molecule has 0 fully saturated rings. The first-order chi connectivity index (χ1) is 7.33. The summed E-state index contributed by atoms with van der Waals surface area (Å²) in [4.78, 5) is 15.5. The highest BCUT2D eigenvalue weighted by molar-refractivity contribution is 5.67. The Hall–Kier alpha value is -1.91. The van der Waals surface area contributed by atoms with Crippen LogP contribution in [-0.4, -0.2) is 12.7 Å². The molecular weight excluding hydrogens is 196 g/mol. The third-order valence-corrected chi connectivity index (χ3v) is 1.52. The molecule has 0 atom stereocenters. The highest BCUT2D eigenvalue weighted by Crippen LogP contribution is 2.00. The van der Waals surface area contributed by atoms with E-state index in [0.717, 1.165) is 5.56 Å². The van der Waals surface area contributed by atoms with Crippen molar-refractivity contribution in [1.29, 1.82) is 0 Å². The van der Waals surface area contributed by atoms with Gasteiger partial charge in [-0.3, -0.25) is 0 Å². The van der Waals surface area contributed by atoms with Crippen LogP contribution >= 0.6 is 0 Å². The molecule has 0 N–H and O–H groups in total. The molecule has 5 heteroatoms. The smallest absolute Gasteiger partial charge is 0.447 e. The normalized spacial score (nSPS) is 10.2. The lowest BCUT2D eigenvalue weighted by atomic mass is 10.2. The van der Waals surface area contributed by atoms with Gasteiger partial charge in [-0.1, -0.05) is 30.3 Å². The van der Waals surface area contributed by atoms with Gasteiger partial charge in [0.1, 0.15) is 6.61 Å². The van der Waals surface area contributed by atoms with Gasteiger partial charge in [-0.05, 0) is 17.6 Å². The minimum atomic E-state index is -0.745. The molecule has 1 rings (SSSR count). The van der Waals surface area contributed by atoms with Crippen LogP contribution in [0, 0.1) is 0 Å². The largest absolute Gasteiger partial charge is 0.455 e. The molecule has 80 valence electrons. The Morgan fingerprint density at radius 1 is 1.33 bits per heavy atom. The average molecular weight is 208 g/mol. The van der Waals surface area contributed by atoms with Crippen LogP contribution in [0.4, 0.5) is 4.79 Å². The first-order valence-corrected chi connectivity index (χ1v) is 4.56. The lowest BCUT2D eigenvalue weighted by Crippen LogP contribution is -1.96. The molecule has 5 nitrogen and oxygen atoms in total. The minimum Gasteiger partial charge on any atom is -0.447 e. The van der Waals surface area contributed by atoms with Crippen LogP contribution < -0.4 is 0 Å². The van der Waals surface area contributed by atoms with E-state index in [2.05, 4.69) is 15.1 Å². The number of nitrogens with zero attached hydrogens (tertiary/aromatic N) is 2. The lowest BCUT2D eigenvalue weighted by molar-refractivity contribution is 0.101.